The number of benzene rings is 1. The maximum absolute atomic E-state index is 8.66. The van der Waals surface area contributed by atoms with E-state index in [0.717, 1.165) is 29.5 Å². The second kappa shape index (κ2) is 10.5. The van der Waals surface area contributed by atoms with Crippen molar-refractivity contribution in [1.82, 2.24) is 5.32 Å². The molecule has 0 unspecified atom stereocenters. The number of anilines is 1. The third kappa shape index (κ3) is 7.24. The molecule has 1 aliphatic carbocycles. The maximum Gasteiger partial charge on any atom is 0.170 e. The van der Waals surface area contributed by atoms with Gasteiger partial charge in [0.25, 0.3) is 0 Å². The van der Waals surface area contributed by atoms with Gasteiger partial charge in [-0.15, -0.1) is 0 Å². The van der Waals surface area contributed by atoms with Gasteiger partial charge in [0.05, 0.1) is 12.5 Å². The van der Waals surface area contributed by atoms with E-state index in [2.05, 4.69) is 28.5 Å². The van der Waals surface area contributed by atoms with Gasteiger partial charge in [-0.3, -0.25) is 0 Å². The summed E-state index contributed by atoms with van der Waals surface area (Å²) in [5.74, 6) is 1.21. The van der Waals surface area contributed by atoms with Gasteiger partial charge >= 0.3 is 0 Å². The number of hydrogen-bond donors (Lipinski definition) is 2. The van der Waals surface area contributed by atoms with E-state index in [4.69, 9.17) is 17.5 Å². The molecule has 0 aromatic heterocycles. The minimum absolute atomic E-state index is 0.446. The molecule has 124 valence electrons. The van der Waals surface area contributed by atoms with Crippen molar-refractivity contribution in [2.45, 2.75) is 50.2 Å². The Kier molecular flexibility index (Phi) is 8.27. The van der Waals surface area contributed by atoms with E-state index >= 15 is 0 Å². The van der Waals surface area contributed by atoms with Crippen molar-refractivity contribution in [2.75, 3.05) is 17.6 Å². The number of thioether (sulfide) groups is 1. The smallest absolute Gasteiger partial charge is 0.170 e. The summed E-state index contributed by atoms with van der Waals surface area (Å²) < 4.78 is 0. The van der Waals surface area contributed by atoms with Crippen LogP contribution in [0, 0.1) is 11.3 Å². The zero-order chi connectivity index (χ0) is 16.3. The topological polar surface area (TPSA) is 47.9 Å². The summed E-state index contributed by atoms with van der Waals surface area (Å²) in [6.45, 7) is 0.915. The van der Waals surface area contributed by atoms with Crippen LogP contribution in [0.3, 0.4) is 0 Å². The molecule has 0 bridgehead atoms. The van der Waals surface area contributed by atoms with Gasteiger partial charge in [0.15, 0.2) is 5.11 Å². The molecule has 0 amide bonds. The van der Waals surface area contributed by atoms with E-state index in [1.807, 2.05) is 24.3 Å². The van der Waals surface area contributed by atoms with Crippen LogP contribution in [0.1, 0.15) is 44.1 Å². The van der Waals surface area contributed by atoms with E-state index in [-0.39, 0.29) is 0 Å². The van der Waals surface area contributed by atoms with Gasteiger partial charge in [-0.1, -0.05) is 31.4 Å². The normalized spacial score (nSPS) is 14.9. The first-order valence-corrected chi connectivity index (χ1v) is 9.86. The molecular formula is C18H25N3S2. The van der Waals surface area contributed by atoms with Gasteiger partial charge in [0.1, 0.15) is 0 Å². The van der Waals surface area contributed by atoms with Gasteiger partial charge < -0.3 is 10.6 Å². The summed E-state index contributed by atoms with van der Waals surface area (Å²) >= 11 is 7.44. The summed E-state index contributed by atoms with van der Waals surface area (Å²) in [6, 6.07) is 9.97. The van der Waals surface area contributed by atoms with Crippen LogP contribution >= 0.6 is 24.0 Å². The second-order valence-corrected chi connectivity index (χ2v) is 7.71. The molecule has 23 heavy (non-hydrogen) atoms. The van der Waals surface area contributed by atoms with Crippen molar-refractivity contribution >= 4 is 34.8 Å². The molecule has 0 aliphatic heterocycles. The molecule has 0 atom stereocenters. The molecule has 2 rings (SSSR count). The summed E-state index contributed by atoms with van der Waals surface area (Å²) in [7, 11) is 0. The van der Waals surface area contributed by atoms with Crippen LogP contribution in [0.2, 0.25) is 0 Å². The van der Waals surface area contributed by atoms with E-state index < -0.39 is 0 Å². The number of nitrogens with zero attached hydrogens (tertiary/aromatic N) is 1. The lowest BCUT2D eigenvalue weighted by Gasteiger charge is -2.20. The highest BCUT2D eigenvalue weighted by atomic mass is 32.2. The fraction of sp³-hybridized carbons (Fsp3) is 0.556. The van der Waals surface area contributed by atoms with Gasteiger partial charge in [-0.25, -0.2) is 0 Å². The van der Waals surface area contributed by atoms with Gasteiger partial charge in [0.2, 0.25) is 0 Å². The van der Waals surface area contributed by atoms with Gasteiger partial charge in [-0.05, 0) is 54.9 Å². The van der Waals surface area contributed by atoms with Crippen molar-refractivity contribution < 1.29 is 0 Å². The van der Waals surface area contributed by atoms with Crippen molar-refractivity contribution in [3.05, 3.63) is 29.8 Å². The summed E-state index contributed by atoms with van der Waals surface area (Å²) in [5, 5.41) is 16.7. The Morgan fingerprint density at radius 1 is 1.22 bits per heavy atom. The van der Waals surface area contributed by atoms with Crippen molar-refractivity contribution in [3.63, 3.8) is 0 Å². The zero-order valence-electron chi connectivity index (χ0n) is 13.5. The lowest BCUT2D eigenvalue weighted by molar-refractivity contribution is 0.516. The van der Waals surface area contributed by atoms with Gasteiger partial charge in [0, 0.05) is 17.5 Å². The van der Waals surface area contributed by atoms with Crippen LogP contribution in [0.5, 0.6) is 0 Å². The average molecular weight is 348 g/mol. The third-order valence-corrected chi connectivity index (χ3v) is 5.72. The standard InChI is InChI=1S/C18H25N3S2/c19-12-11-15-7-9-16(10-8-15)21-18(22)20-13-4-14-23-17-5-2-1-3-6-17/h7-10,17H,1-6,11,13-14H2,(H2,20,21,22). The largest absolute Gasteiger partial charge is 0.362 e. The number of rotatable bonds is 7. The lowest BCUT2D eigenvalue weighted by Crippen LogP contribution is -2.29. The molecule has 1 saturated carbocycles. The van der Waals surface area contributed by atoms with Crippen LogP contribution in [0.25, 0.3) is 0 Å². The maximum atomic E-state index is 8.66. The van der Waals surface area contributed by atoms with Crippen LogP contribution in [0.4, 0.5) is 5.69 Å². The molecular weight excluding hydrogens is 322 g/mol. The van der Waals surface area contributed by atoms with Crippen molar-refractivity contribution in [2.24, 2.45) is 0 Å². The van der Waals surface area contributed by atoms with Crippen LogP contribution in [0.15, 0.2) is 24.3 Å². The molecule has 0 saturated heterocycles. The predicted octanol–water partition coefficient (Wildman–Crippen LogP) is 4.50. The molecule has 1 aromatic carbocycles. The highest BCUT2D eigenvalue weighted by Crippen LogP contribution is 2.28. The minimum atomic E-state index is 0.446. The second-order valence-electron chi connectivity index (χ2n) is 5.90. The Morgan fingerprint density at radius 3 is 2.65 bits per heavy atom. The Hall–Kier alpha value is -1.25. The highest BCUT2D eigenvalue weighted by molar-refractivity contribution is 7.99. The SMILES string of the molecule is N#CCc1ccc(NC(=S)NCCCSC2CCCCC2)cc1. The minimum Gasteiger partial charge on any atom is -0.362 e. The van der Waals surface area contributed by atoms with Crippen LogP contribution in [-0.2, 0) is 6.42 Å². The molecule has 0 spiro atoms. The quantitative estimate of drug-likeness (QED) is 0.562. The van der Waals surface area contributed by atoms with Crippen molar-refractivity contribution in [3.8, 4) is 6.07 Å². The Morgan fingerprint density at radius 2 is 1.96 bits per heavy atom. The van der Waals surface area contributed by atoms with E-state index in [1.54, 1.807) is 0 Å². The third-order valence-electron chi connectivity index (χ3n) is 4.01. The van der Waals surface area contributed by atoms with Crippen LogP contribution < -0.4 is 10.6 Å². The molecule has 5 heteroatoms. The Balaban J connectivity index is 1.56. The van der Waals surface area contributed by atoms with E-state index in [1.165, 1.54) is 37.9 Å². The monoisotopic (exact) mass is 347 g/mol. The van der Waals surface area contributed by atoms with Gasteiger partial charge in [-0.2, -0.15) is 17.0 Å². The first-order chi connectivity index (χ1) is 11.3. The predicted molar refractivity (Wildman–Crippen MR) is 104 cm³/mol. The molecule has 1 aromatic rings. The Labute approximate surface area is 149 Å². The fourth-order valence-electron chi connectivity index (χ4n) is 2.73. The first kappa shape index (κ1) is 18.1. The highest BCUT2D eigenvalue weighted by Gasteiger charge is 2.12. The van der Waals surface area contributed by atoms with Crippen LogP contribution in [-0.4, -0.2) is 22.7 Å². The molecule has 1 aliphatic rings. The number of nitriles is 1. The van der Waals surface area contributed by atoms with E-state index in [9.17, 15) is 0 Å². The van der Waals surface area contributed by atoms with Crippen molar-refractivity contribution in [1.29, 1.82) is 5.26 Å². The summed E-state index contributed by atoms with van der Waals surface area (Å²) in [5.41, 5.74) is 1.98. The summed E-state index contributed by atoms with van der Waals surface area (Å²) in [6.07, 6.45) is 8.65. The fourth-order valence-corrected chi connectivity index (χ4v) is 4.26. The molecule has 2 N–H and O–H groups in total. The Bertz CT molecular complexity index is 516. The van der Waals surface area contributed by atoms with E-state index in [0.29, 0.717) is 11.5 Å². The molecule has 3 nitrogen and oxygen atoms in total. The summed E-state index contributed by atoms with van der Waals surface area (Å²) in [4.78, 5) is 0. The lowest BCUT2D eigenvalue weighted by atomic mass is 10.0. The molecule has 0 radical (unpaired) electrons. The first-order valence-electron chi connectivity index (χ1n) is 8.40. The number of hydrogen-bond acceptors (Lipinski definition) is 3. The molecule has 1 fully saturated rings. The zero-order valence-corrected chi connectivity index (χ0v) is 15.1. The average Bonchev–Trinajstić information content (AvgIpc) is 2.57. The number of thiocarbonyl (C=S) groups is 1. The number of nitrogens with one attached hydrogen (secondary N) is 2. The molecule has 0 heterocycles.